The SMILES string of the molecule is Fc1cccc(CNC(=S)Nc2ccc3c(c2)OCO3)c1. The molecule has 2 aromatic rings. The molecule has 0 atom stereocenters. The fourth-order valence-electron chi connectivity index (χ4n) is 1.98. The highest BCUT2D eigenvalue weighted by Gasteiger charge is 2.13. The monoisotopic (exact) mass is 304 g/mol. The number of hydrogen-bond donors (Lipinski definition) is 2. The van der Waals surface area contributed by atoms with Crippen LogP contribution < -0.4 is 20.1 Å². The van der Waals surface area contributed by atoms with Crippen LogP contribution in [0.5, 0.6) is 11.5 Å². The van der Waals surface area contributed by atoms with Crippen molar-refractivity contribution in [3.8, 4) is 11.5 Å². The van der Waals surface area contributed by atoms with Crippen LogP contribution in [0.2, 0.25) is 0 Å². The first-order chi connectivity index (χ1) is 10.2. The Labute approximate surface area is 126 Å². The first-order valence-electron chi connectivity index (χ1n) is 6.40. The van der Waals surface area contributed by atoms with Gasteiger partial charge in [0.1, 0.15) is 5.82 Å². The smallest absolute Gasteiger partial charge is 0.231 e. The molecular weight excluding hydrogens is 291 g/mol. The average molecular weight is 304 g/mol. The van der Waals surface area contributed by atoms with Crippen LogP contribution in [-0.4, -0.2) is 11.9 Å². The van der Waals surface area contributed by atoms with Crippen molar-refractivity contribution >= 4 is 23.0 Å². The van der Waals surface area contributed by atoms with Gasteiger partial charge < -0.3 is 20.1 Å². The predicted octanol–water partition coefficient (Wildman–Crippen LogP) is 3.04. The number of fused-ring (bicyclic) bond motifs is 1. The van der Waals surface area contributed by atoms with E-state index >= 15 is 0 Å². The topological polar surface area (TPSA) is 42.5 Å². The van der Waals surface area contributed by atoms with Crippen molar-refractivity contribution < 1.29 is 13.9 Å². The van der Waals surface area contributed by atoms with Crippen LogP contribution in [0.25, 0.3) is 0 Å². The summed E-state index contributed by atoms with van der Waals surface area (Å²) in [5, 5.41) is 6.53. The largest absolute Gasteiger partial charge is 0.454 e. The summed E-state index contributed by atoms with van der Waals surface area (Å²) in [6.45, 7) is 0.690. The quantitative estimate of drug-likeness (QED) is 0.853. The van der Waals surface area contributed by atoms with E-state index < -0.39 is 0 Å². The summed E-state index contributed by atoms with van der Waals surface area (Å²) in [7, 11) is 0. The Balaban J connectivity index is 1.57. The standard InChI is InChI=1S/C15H13FN2O2S/c16-11-3-1-2-10(6-11)8-17-15(21)18-12-4-5-13-14(7-12)20-9-19-13/h1-7H,8-9H2,(H2,17,18,21). The molecule has 0 saturated carbocycles. The molecule has 0 unspecified atom stereocenters. The lowest BCUT2D eigenvalue weighted by molar-refractivity contribution is 0.174. The second kappa shape index (κ2) is 5.97. The first kappa shape index (κ1) is 13.6. The highest BCUT2D eigenvalue weighted by Crippen LogP contribution is 2.34. The summed E-state index contributed by atoms with van der Waals surface area (Å²) in [6, 6.07) is 11.9. The van der Waals surface area contributed by atoms with Gasteiger partial charge in [-0.25, -0.2) is 4.39 Å². The van der Waals surface area contributed by atoms with Gasteiger partial charge in [0.2, 0.25) is 6.79 Å². The fraction of sp³-hybridized carbons (Fsp3) is 0.133. The molecule has 1 heterocycles. The molecule has 0 amide bonds. The predicted molar refractivity (Wildman–Crippen MR) is 82.0 cm³/mol. The van der Waals surface area contributed by atoms with Crippen LogP contribution in [0.3, 0.4) is 0 Å². The molecule has 21 heavy (non-hydrogen) atoms. The molecule has 0 saturated heterocycles. The molecule has 0 fully saturated rings. The Bertz CT molecular complexity index is 678. The van der Waals surface area contributed by atoms with Gasteiger partial charge in [-0.2, -0.15) is 0 Å². The highest BCUT2D eigenvalue weighted by atomic mass is 32.1. The number of halogens is 1. The van der Waals surface area contributed by atoms with E-state index in [0.29, 0.717) is 17.4 Å². The molecule has 2 aromatic carbocycles. The van der Waals surface area contributed by atoms with Gasteiger partial charge in [-0.15, -0.1) is 0 Å². The van der Waals surface area contributed by atoms with Gasteiger partial charge >= 0.3 is 0 Å². The zero-order chi connectivity index (χ0) is 14.7. The van der Waals surface area contributed by atoms with E-state index in [0.717, 1.165) is 17.0 Å². The summed E-state index contributed by atoms with van der Waals surface area (Å²) in [4.78, 5) is 0. The number of anilines is 1. The molecule has 0 bridgehead atoms. The van der Waals surface area contributed by atoms with Gasteiger partial charge in [-0.3, -0.25) is 0 Å². The van der Waals surface area contributed by atoms with Gasteiger partial charge in [-0.05, 0) is 42.0 Å². The third-order valence-corrected chi connectivity index (χ3v) is 3.22. The van der Waals surface area contributed by atoms with E-state index in [1.807, 2.05) is 24.3 Å². The lowest BCUT2D eigenvalue weighted by Gasteiger charge is -2.11. The van der Waals surface area contributed by atoms with Crippen LogP contribution >= 0.6 is 12.2 Å². The van der Waals surface area contributed by atoms with Crippen molar-refractivity contribution in [1.82, 2.24) is 5.32 Å². The second-order valence-corrected chi connectivity index (χ2v) is 4.91. The van der Waals surface area contributed by atoms with Gasteiger partial charge in [0, 0.05) is 18.3 Å². The molecule has 1 aliphatic rings. The number of benzene rings is 2. The zero-order valence-electron chi connectivity index (χ0n) is 11.1. The van der Waals surface area contributed by atoms with Crippen molar-refractivity contribution in [1.29, 1.82) is 0 Å². The normalized spacial score (nSPS) is 12.0. The van der Waals surface area contributed by atoms with E-state index in [4.69, 9.17) is 21.7 Å². The number of rotatable bonds is 3. The number of nitrogens with one attached hydrogen (secondary N) is 2. The molecule has 2 N–H and O–H groups in total. The van der Waals surface area contributed by atoms with E-state index in [-0.39, 0.29) is 12.6 Å². The number of thiocarbonyl (C=S) groups is 1. The third kappa shape index (κ3) is 3.41. The molecule has 0 spiro atoms. The van der Waals surface area contributed by atoms with Gasteiger partial charge in [-0.1, -0.05) is 12.1 Å². The highest BCUT2D eigenvalue weighted by molar-refractivity contribution is 7.80. The Morgan fingerprint density at radius 3 is 2.86 bits per heavy atom. The first-order valence-corrected chi connectivity index (χ1v) is 6.80. The Morgan fingerprint density at radius 1 is 1.14 bits per heavy atom. The Hall–Kier alpha value is -2.34. The molecule has 6 heteroatoms. The lowest BCUT2D eigenvalue weighted by Crippen LogP contribution is -2.27. The Kier molecular flexibility index (Phi) is 3.87. The minimum atomic E-state index is -0.260. The molecule has 3 rings (SSSR count). The summed E-state index contributed by atoms with van der Waals surface area (Å²) in [5.74, 6) is 1.15. The molecule has 108 valence electrons. The van der Waals surface area contributed by atoms with Crippen molar-refractivity contribution in [2.75, 3.05) is 12.1 Å². The maximum Gasteiger partial charge on any atom is 0.231 e. The van der Waals surface area contributed by atoms with Crippen molar-refractivity contribution in [3.63, 3.8) is 0 Å². The number of hydrogen-bond acceptors (Lipinski definition) is 3. The van der Waals surface area contributed by atoms with Gasteiger partial charge in [0.25, 0.3) is 0 Å². The minimum absolute atomic E-state index is 0.237. The van der Waals surface area contributed by atoms with Crippen LogP contribution in [0, 0.1) is 5.82 Å². The maximum absolute atomic E-state index is 13.1. The molecule has 0 aliphatic carbocycles. The van der Waals surface area contributed by atoms with Crippen LogP contribution in [-0.2, 0) is 6.54 Å². The van der Waals surface area contributed by atoms with Crippen molar-refractivity contribution in [3.05, 3.63) is 53.8 Å². The average Bonchev–Trinajstić information content (AvgIpc) is 2.93. The molecule has 0 radical (unpaired) electrons. The minimum Gasteiger partial charge on any atom is -0.454 e. The molecule has 0 aromatic heterocycles. The zero-order valence-corrected chi connectivity index (χ0v) is 11.9. The van der Waals surface area contributed by atoms with E-state index in [1.54, 1.807) is 6.07 Å². The second-order valence-electron chi connectivity index (χ2n) is 4.51. The Morgan fingerprint density at radius 2 is 2.00 bits per heavy atom. The summed E-state index contributed by atoms with van der Waals surface area (Å²) in [5.41, 5.74) is 1.63. The summed E-state index contributed by atoms with van der Waals surface area (Å²) < 4.78 is 23.6. The molecular formula is C15H13FN2O2S. The van der Waals surface area contributed by atoms with E-state index in [2.05, 4.69) is 10.6 Å². The van der Waals surface area contributed by atoms with Gasteiger partial charge in [0.15, 0.2) is 16.6 Å². The maximum atomic E-state index is 13.1. The van der Waals surface area contributed by atoms with E-state index in [9.17, 15) is 4.39 Å². The fourth-order valence-corrected chi connectivity index (χ4v) is 2.17. The van der Waals surface area contributed by atoms with Crippen LogP contribution in [0.4, 0.5) is 10.1 Å². The van der Waals surface area contributed by atoms with Crippen molar-refractivity contribution in [2.45, 2.75) is 6.54 Å². The summed E-state index contributed by atoms with van der Waals surface area (Å²) >= 11 is 5.21. The summed E-state index contributed by atoms with van der Waals surface area (Å²) in [6.07, 6.45) is 0. The molecule has 1 aliphatic heterocycles. The van der Waals surface area contributed by atoms with Crippen molar-refractivity contribution in [2.24, 2.45) is 0 Å². The third-order valence-electron chi connectivity index (χ3n) is 2.97. The lowest BCUT2D eigenvalue weighted by atomic mass is 10.2. The van der Waals surface area contributed by atoms with E-state index in [1.165, 1.54) is 12.1 Å². The molecule has 4 nitrogen and oxygen atoms in total. The number of ether oxygens (including phenoxy) is 2. The van der Waals surface area contributed by atoms with Crippen LogP contribution in [0.1, 0.15) is 5.56 Å². The van der Waals surface area contributed by atoms with Crippen LogP contribution in [0.15, 0.2) is 42.5 Å². The van der Waals surface area contributed by atoms with Gasteiger partial charge in [0.05, 0.1) is 0 Å².